The van der Waals surface area contributed by atoms with Gasteiger partial charge >= 0.3 is 0 Å². The number of hydrogen-bond donors (Lipinski definition) is 4. The van der Waals surface area contributed by atoms with Gasteiger partial charge in [0.2, 0.25) is 11.8 Å². The lowest BCUT2D eigenvalue weighted by Gasteiger charge is -2.15. The monoisotopic (exact) mass is 447 g/mol. The summed E-state index contributed by atoms with van der Waals surface area (Å²) in [4.78, 5) is 18.3. The van der Waals surface area contributed by atoms with Crippen molar-refractivity contribution in [1.82, 2.24) is 9.47 Å². The van der Waals surface area contributed by atoms with Gasteiger partial charge in [0.05, 0.1) is 22.9 Å². The first-order valence-electron chi connectivity index (χ1n) is 10.2. The first kappa shape index (κ1) is 23.2. The van der Waals surface area contributed by atoms with E-state index in [9.17, 15) is 25.4 Å². The first-order valence-corrected chi connectivity index (χ1v) is 10.2. The maximum absolute atomic E-state index is 12.5. The van der Waals surface area contributed by atoms with E-state index >= 15 is 0 Å². The molecule has 9 nitrogen and oxygen atoms in total. The molecule has 2 aromatic carbocycles. The van der Waals surface area contributed by atoms with Crippen molar-refractivity contribution < 1.29 is 20.1 Å². The summed E-state index contributed by atoms with van der Waals surface area (Å²) in [6.45, 7) is 1.92. The number of phenolic OH excluding ortho intramolecular Hbond substituents is 1. The number of rotatable bonds is 6. The van der Waals surface area contributed by atoms with Crippen molar-refractivity contribution in [3.63, 3.8) is 0 Å². The highest BCUT2D eigenvalue weighted by Gasteiger charge is 2.24. The smallest absolute Gasteiger partial charge is 0.257 e. The minimum absolute atomic E-state index is 0.00867. The minimum atomic E-state index is -0.497. The summed E-state index contributed by atoms with van der Waals surface area (Å²) in [7, 11) is 4.50. The molecule has 0 radical (unpaired) electrons. The predicted octanol–water partition coefficient (Wildman–Crippen LogP) is 3.99. The molecule has 9 heteroatoms. The Kier molecular flexibility index (Phi) is 6.59. The maximum atomic E-state index is 12.5. The van der Waals surface area contributed by atoms with E-state index in [1.807, 2.05) is 43.3 Å². The number of nitrogens with one attached hydrogen (secondary N) is 1. The summed E-state index contributed by atoms with van der Waals surface area (Å²) < 4.78 is 1.14. The predicted molar refractivity (Wildman–Crippen MR) is 126 cm³/mol. The average molecular weight is 447 g/mol. The van der Waals surface area contributed by atoms with Crippen LogP contribution in [0.2, 0.25) is 0 Å². The third-order valence-electron chi connectivity index (χ3n) is 5.13. The van der Waals surface area contributed by atoms with Gasteiger partial charge in [0, 0.05) is 26.9 Å². The van der Waals surface area contributed by atoms with Gasteiger partial charge in [-0.15, -0.1) is 0 Å². The number of benzene rings is 2. The molecule has 1 aromatic heterocycles. The quantitative estimate of drug-likeness (QED) is 0.333. The van der Waals surface area contributed by atoms with Crippen LogP contribution in [0.3, 0.4) is 0 Å². The number of carbonyl (C=O) groups is 1. The largest absolute Gasteiger partial charge is 0.505 e. The van der Waals surface area contributed by atoms with Crippen molar-refractivity contribution in [2.45, 2.75) is 13.3 Å². The van der Waals surface area contributed by atoms with Gasteiger partial charge in [-0.3, -0.25) is 9.36 Å². The van der Waals surface area contributed by atoms with Crippen molar-refractivity contribution in [3.8, 4) is 23.6 Å². The number of hydrogen-bond acceptors (Lipinski definition) is 7. The molecule has 0 spiro atoms. The minimum Gasteiger partial charge on any atom is -0.505 e. The zero-order chi connectivity index (χ0) is 24.3. The zero-order valence-corrected chi connectivity index (χ0v) is 18.8. The molecule has 0 fully saturated rings. The van der Waals surface area contributed by atoms with E-state index in [0.29, 0.717) is 12.1 Å². The number of aromatic nitrogens is 1. The average Bonchev–Trinajstić information content (AvgIpc) is 3.01. The number of aliphatic imine (C=N–C) groups is 1. The number of nitriles is 1. The van der Waals surface area contributed by atoms with Gasteiger partial charge in [-0.25, -0.2) is 4.99 Å². The molecular formula is C24H25N5O4. The van der Waals surface area contributed by atoms with Crippen molar-refractivity contribution >= 4 is 28.7 Å². The molecule has 1 amide bonds. The first-order chi connectivity index (χ1) is 15.7. The molecule has 0 saturated heterocycles. The van der Waals surface area contributed by atoms with Crippen molar-refractivity contribution in [3.05, 3.63) is 59.2 Å². The number of anilines is 2. The normalized spacial score (nSPS) is 11.2. The molecule has 0 bridgehead atoms. The number of aromatic hydroxyl groups is 3. The summed E-state index contributed by atoms with van der Waals surface area (Å²) in [5, 5.41) is 44.3. The van der Waals surface area contributed by atoms with E-state index < -0.39 is 11.7 Å². The van der Waals surface area contributed by atoms with E-state index in [0.717, 1.165) is 10.1 Å². The van der Waals surface area contributed by atoms with Crippen LogP contribution in [0.4, 0.5) is 17.1 Å². The van der Waals surface area contributed by atoms with Gasteiger partial charge in [-0.05, 0) is 24.1 Å². The topological polar surface area (TPSA) is 134 Å². The second kappa shape index (κ2) is 9.36. The number of phenols is 1. The fourth-order valence-electron chi connectivity index (χ4n) is 3.31. The molecule has 0 aliphatic carbocycles. The van der Waals surface area contributed by atoms with E-state index in [2.05, 4.69) is 10.3 Å². The van der Waals surface area contributed by atoms with Gasteiger partial charge < -0.3 is 25.5 Å². The number of amides is 1. The maximum Gasteiger partial charge on any atom is 0.257 e. The van der Waals surface area contributed by atoms with Crippen LogP contribution in [-0.4, -0.2) is 50.5 Å². The lowest BCUT2D eigenvalue weighted by atomic mass is 10.1. The summed E-state index contributed by atoms with van der Waals surface area (Å²) in [6.07, 6.45) is 0.551. The fourth-order valence-corrected chi connectivity index (χ4v) is 3.31. The van der Waals surface area contributed by atoms with E-state index in [4.69, 9.17) is 0 Å². The second-order valence-electron chi connectivity index (χ2n) is 7.56. The molecule has 3 rings (SSSR count). The molecule has 170 valence electrons. The SMILES string of the molecule is CCC(=Nc1c(Nc2cc(C#N)cc(C(=O)N(C)C)c2O)c(O)n(C)c1O)c1ccccc1. The Morgan fingerprint density at radius 3 is 2.39 bits per heavy atom. The van der Waals surface area contributed by atoms with Crippen LogP contribution < -0.4 is 5.32 Å². The van der Waals surface area contributed by atoms with Gasteiger partial charge in [0.25, 0.3) is 5.91 Å². The Hall–Kier alpha value is -4.45. The van der Waals surface area contributed by atoms with Crippen molar-refractivity contribution in [2.24, 2.45) is 12.0 Å². The second-order valence-corrected chi connectivity index (χ2v) is 7.56. The van der Waals surface area contributed by atoms with Crippen molar-refractivity contribution in [1.29, 1.82) is 5.26 Å². The highest BCUT2D eigenvalue weighted by atomic mass is 16.3. The Morgan fingerprint density at radius 1 is 1.15 bits per heavy atom. The highest BCUT2D eigenvalue weighted by molar-refractivity contribution is 6.04. The molecule has 33 heavy (non-hydrogen) atoms. The van der Waals surface area contributed by atoms with Gasteiger partial charge in [-0.2, -0.15) is 5.26 Å². The molecule has 0 saturated carbocycles. The van der Waals surface area contributed by atoms with Crippen LogP contribution in [0.25, 0.3) is 0 Å². The summed E-state index contributed by atoms with van der Waals surface area (Å²) in [5.41, 5.74) is 1.64. The van der Waals surface area contributed by atoms with Crippen LogP contribution in [0.1, 0.15) is 34.8 Å². The number of nitrogens with zero attached hydrogens (tertiary/aromatic N) is 4. The molecule has 0 aliphatic heterocycles. The number of carbonyl (C=O) groups excluding carboxylic acids is 1. The van der Waals surface area contributed by atoms with Gasteiger partial charge in [0.1, 0.15) is 5.69 Å². The summed E-state index contributed by atoms with van der Waals surface area (Å²) >= 11 is 0. The van der Waals surface area contributed by atoms with Crippen LogP contribution in [-0.2, 0) is 7.05 Å². The molecule has 1 heterocycles. The highest BCUT2D eigenvalue weighted by Crippen LogP contribution is 2.47. The van der Waals surface area contributed by atoms with Gasteiger partial charge in [-0.1, -0.05) is 37.3 Å². The Balaban J connectivity index is 2.18. The Bertz CT molecular complexity index is 1270. The van der Waals surface area contributed by atoms with E-state index in [-0.39, 0.29) is 39.9 Å². The van der Waals surface area contributed by atoms with E-state index in [1.165, 1.54) is 38.2 Å². The zero-order valence-electron chi connectivity index (χ0n) is 18.8. The van der Waals surface area contributed by atoms with Crippen LogP contribution in [0.15, 0.2) is 47.5 Å². The third-order valence-corrected chi connectivity index (χ3v) is 5.13. The molecule has 0 aliphatic rings. The van der Waals surface area contributed by atoms with Crippen LogP contribution in [0, 0.1) is 11.3 Å². The standard InChI is InChI=1S/C24H25N5O4/c1-5-17(15-9-7-6-8-10-15)26-19-20(24(33)29(4)23(19)32)27-18-12-14(13-25)11-16(21(18)30)22(31)28(2)3/h6-12,27,30,32-33H,5H2,1-4H3. The molecular weight excluding hydrogens is 422 g/mol. The lowest BCUT2D eigenvalue weighted by molar-refractivity contribution is 0.0824. The molecule has 0 atom stereocenters. The fraction of sp³-hybridized carbons (Fsp3) is 0.208. The molecule has 3 aromatic rings. The Labute approximate surface area is 191 Å². The summed E-state index contributed by atoms with van der Waals surface area (Å²) in [5.74, 6) is -1.53. The molecule has 4 N–H and O–H groups in total. The molecule has 0 unspecified atom stereocenters. The lowest BCUT2D eigenvalue weighted by Crippen LogP contribution is -2.22. The van der Waals surface area contributed by atoms with E-state index in [1.54, 1.807) is 0 Å². The van der Waals surface area contributed by atoms with Gasteiger partial charge in [0.15, 0.2) is 11.4 Å². The third kappa shape index (κ3) is 4.45. The van der Waals surface area contributed by atoms with Crippen LogP contribution >= 0.6 is 0 Å². The summed E-state index contributed by atoms with van der Waals surface area (Å²) in [6, 6.07) is 14.0. The van der Waals surface area contributed by atoms with Crippen molar-refractivity contribution in [2.75, 3.05) is 19.4 Å². The Morgan fingerprint density at radius 2 is 1.82 bits per heavy atom. The van der Waals surface area contributed by atoms with Crippen LogP contribution in [0.5, 0.6) is 17.5 Å².